The topological polar surface area (TPSA) is 56.0 Å². The summed E-state index contributed by atoms with van der Waals surface area (Å²) in [5.74, 6) is 0. The van der Waals surface area contributed by atoms with Crippen molar-refractivity contribution >= 4 is 34.1 Å². The molecule has 1 heterocycles. The number of alkyl halides is 2. The molecule has 76 valence electrons. The van der Waals surface area contributed by atoms with Crippen LogP contribution >= 0.6 is 23.2 Å². The number of nitrogen functional groups attached to an aromatic ring is 1. The molecule has 1 aromatic heterocycles. The molecular weight excluding hydrogens is 237 g/mol. The van der Waals surface area contributed by atoms with Crippen molar-refractivity contribution < 1.29 is 13.6 Å². The van der Waals surface area contributed by atoms with Gasteiger partial charge >= 0.3 is 0 Å². The van der Waals surface area contributed by atoms with E-state index < -0.39 is 22.9 Å². The number of anilines is 1. The number of hydrogen-bond acceptors (Lipinski definition) is 3. The maximum absolute atomic E-state index is 12.4. The van der Waals surface area contributed by atoms with Crippen molar-refractivity contribution in [2.24, 2.45) is 0 Å². The van der Waals surface area contributed by atoms with Crippen LogP contribution in [0.1, 0.15) is 22.5 Å². The van der Waals surface area contributed by atoms with Gasteiger partial charge in [0.15, 0.2) is 0 Å². The number of pyridine rings is 1. The number of rotatable bonds is 2. The Morgan fingerprint density at radius 2 is 2.14 bits per heavy atom. The summed E-state index contributed by atoms with van der Waals surface area (Å²) in [6, 6.07) is 1.09. The SMILES string of the molecule is Nc1cc(Cl)nc(C(F)F)c1C(=O)Cl. The Hall–Kier alpha value is -0.940. The molecule has 0 radical (unpaired) electrons. The first-order valence-electron chi connectivity index (χ1n) is 3.37. The first-order valence-corrected chi connectivity index (χ1v) is 4.13. The Kier molecular flexibility index (Phi) is 3.23. The summed E-state index contributed by atoms with van der Waals surface area (Å²) in [5, 5.41) is -1.29. The average Bonchev–Trinajstić information content (AvgIpc) is 2.01. The normalized spacial score (nSPS) is 10.6. The number of carbonyl (C=O) groups excluding carboxylic acids is 1. The maximum Gasteiger partial charge on any atom is 0.281 e. The lowest BCUT2D eigenvalue weighted by Crippen LogP contribution is -2.06. The van der Waals surface area contributed by atoms with Crippen molar-refractivity contribution in [2.75, 3.05) is 5.73 Å². The van der Waals surface area contributed by atoms with E-state index in [1.165, 1.54) is 0 Å². The minimum Gasteiger partial charge on any atom is -0.398 e. The molecule has 0 saturated heterocycles. The van der Waals surface area contributed by atoms with E-state index in [1.54, 1.807) is 0 Å². The molecule has 0 saturated carbocycles. The van der Waals surface area contributed by atoms with Crippen molar-refractivity contribution in [3.63, 3.8) is 0 Å². The predicted octanol–water partition coefficient (Wildman–Crippen LogP) is 2.63. The number of aromatic nitrogens is 1. The molecule has 2 N–H and O–H groups in total. The molecular formula is C7H4Cl2F2N2O. The lowest BCUT2D eigenvalue weighted by Gasteiger charge is -2.07. The molecule has 0 aromatic carbocycles. The van der Waals surface area contributed by atoms with Gasteiger partial charge in [-0.1, -0.05) is 11.6 Å². The van der Waals surface area contributed by atoms with E-state index in [0.29, 0.717) is 0 Å². The van der Waals surface area contributed by atoms with Crippen LogP contribution in [-0.4, -0.2) is 10.2 Å². The molecule has 0 atom stereocenters. The van der Waals surface area contributed by atoms with Crippen molar-refractivity contribution in [1.29, 1.82) is 0 Å². The number of hydrogen-bond donors (Lipinski definition) is 1. The summed E-state index contributed by atoms with van der Waals surface area (Å²) in [6.45, 7) is 0. The summed E-state index contributed by atoms with van der Waals surface area (Å²) < 4.78 is 24.7. The molecule has 1 rings (SSSR count). The quantitative estimate of drug-likeness (QED) is 0.639. The molecule has 0 unspecified atom stereocenters. The molecule has 0 spiro atoms. The zero-order valence-electron chi connectivity index (χ0n) is 6.60. The lowest BCUT2D eigenvalue weighted by molar-refractivity contribution is 0.106. The van der Waals surface area contributed by atoms with Crippen LogP contribution in [0.5, 0.6) is 0 Å². The van der Waals surface area contributed by atoms with E-state index in [0.717, 1.165) is 6.07 Å². The first-order chi connectivity index (χ1) is 6.43. The van der Waals surface area contributed by atoms with Crippen LogP contribution in [0.15, 0.2) is 6.07 Å². The van der Waals surface area contributed by atoms with Crippen LogP contribution in [0.4, 0.5) is 14.5 Å². The third-order valence-electron chi connectivity index (χ3n) is 1.45. The molecule has 0 aliphatic carbocycles. The number of halogens is 4. The standard InChI is InChI=1S/C7H4Cl2F2N2O/c8-3-1-2(12)4(6(9)14)5(13-3)7(10)11/h1,7H,(H2,12,13). The number of nitrogens with two attached hydrogens (primary N) is 1. The van der Waals surface area contributed by atoms with Gasteiger partial charge < -0.3 is 5.73 Å². The highest BCUT2D eigenvalue weighted by atomic mass is 35.5. The zero-order chi connectivity index (χ0) is 10.9. The highest BCUT2D eigenvalue weighted by Crippen LogP contribution is 2.28. The molecule has 0 fully saturated rings. The van der Waals surface area contributed by atoms with Crippen molar-refractivity contribution in [3.8, 4) is 0 Å². The summed E-state index contributed by atoms with van der Waals surface area (Å²) in [5.41, 5.74) is 3.80. The highest BCUT2D eigenvalue weighted by Gasteiger charge is 2.22. The fourth-order valence-corrected chi connectivity index (χ4v) is 1.34. The van der Waals surface area contributed by atoms with E-state index in [4.69, 9.17) is 28.9 Å². The fraction of sp³-hybridized carbons (Fsp3) is 0.143. The Morgan fingerprint density at radius 1 is 1.57 bits per heavy atom. The molecule has 14 heavy (non-hydrogen) atoms. The van der Waals surface area contributed by atoms with E-state index >= 15 is 0 Å². The molecule has 0 amide bonds. The van der Waals surface area contributed by atoms with E-state index in [2.05, 4.69) is 4.98 Å². The third-order valence-corrected chi connectivity index (χ3v) is 1.83. The fourth-order valence-electron chi connectivity index (χ4n) is 0.924. The Labute approximate surface area is 87.8 Å². The molecule has 0 aliphatic rings. The minimum atomic E-state index is -2.95. The van der Waals surface area contributed by atoms with Gasteiger partial charge in [-0.25, -0.2) is 13.8 Å². The molecule has 1 aromatic rings. The zero-order valence-corrected chi connectivity index (χ0v) is 8.11. The summed E-state index contributed by atoms with van der Waals surface area (Å²) >= 11 is 10.5. The van der Waals surface area contributed by atoms with Gasteiger partial charge in [-0.15, -0.1) is 0 Å². The van der Waals surface area contributed by atoms with Crippen molar-refractivity contribution in [3.05, 3.63) is 22.5 Å². The van der Waals surface area contributed by atoms with Gasteiger partial charge in [0.1, 0.15) is 10.8 Å². The third kappa shape index (κ3) is 2.10. The lowest BCUT2D eigenvalue weighted by atomic mass is 10.2. The maximum atomic E-state index is 12.4. The van der Waals surface area contributed by atoms with E-state index in [1.807, 2.05) is 0 Å². The van der Waals surface area contributed by atoms with Crippen LogP contribution in [0.25, 0.3) is 0 Å². The molecule has 0 bridgehead atoms. The van der Waals surface area contributed by atoms with E-state index in [9.17, 15) is 13.6 Å². The monoisotopic (exact) mass is 240 g/mol. The minimum absolute atomic E-state index is 0.208. The summed E-state index contributed by atoms with van der Waals surface area (Å²) in [4.78, 5) is 14.1. The van der Waals surface area contributed by atoms with Crippen LogP contribution < -0.4 is 5.73 Å². The van der Waals surface area contributed by atoms with Gasteiger partial charge in [-0.05, 0) is 17.7 Å². The van der Waals surface area contributed by atoms with Crippen molar-refractivity contribution in [1.82, 2.24) is 4.98 Å². The molecule has 7 heteroatoms. The van der Waals surface area contributed by atoms with Crippen LogP contribution in [0.3, 0.4) is 0 Å². The second kappa shape index (κ2) is 4.06. The van der Waals surface area contributed by atoms with Crippen LogP contribution in [0.2, 0.25) is 5.15 Å². The first kappa shape index (κ1) is 11.1. The average molecular weight is 241 g/mol. The van der Waals surface area contributed by atoms with Gasteiger partial charge in [0.25, 0.3) is 11.7 Å². The molecule has 3 nitrogen and oxygen atoms in total. The summed E-state index contributed by atoms with van der Waals surface area (Å²) in [7, 11) is 0. The van der Waals surface area contributed by atoms with Crippen LogP contribution in [-0.2, 0) is 0 Å². The highest BCUT2D eigenvalue weighted by molar-refractivity contribution is 6.68. The van der Waals surface area contributed by atoms with Gasteiger partial charge in [-0.2, -0.15) is 0 Å². The summed E-state index contributed by atoms with van der Waals surface area (Å²) in [6.07, 6.45) is -2.95. The largest absolute Gasteiger partial charge is 0.398 e. The molecule has 0 aliphatic heterocycles. The Bertz CT molecular complexity index is 384. The van der Waals surface area contributed by atoms with Gasteiger partial charge in [0.05, 0.1) is 5.56 Å². The van der Waals surface area contributed by atoms with Gasteiger partial charge in [-0.3, -0.25) is 4.79 Å². The Morgan fingerprint density at radius 3 is 2.57 bits per heavy atom. The number of nitrogens with zero attached hydrogens (tertiary/aromatic N) is 1. The van der Waals surface area contributed by atoms with E-state index in [-0.39, 0.29) is 10.8 Å². The van der Waals surface area contributed by atoms with Gasteiger partial charge in [0.2, 0.25) is 0 Å². The van der Waals surface area contributed by atoms with Crippen LogP contribution in [0, 0.1) is 0 Å². The second-order valence-electron chi connectivity index (χ2n) is 2.37. The smallest absolute Gasteiger partial charge is 0.281 e. The van der Waals surface area contributed by atoms with Gasteiger partial charge in [0, 0.05) is 5.69 Å². The Balaban J connectivity index is 3.44. The second-order valence-corrected chi connectivity index (χ2v) is 3.10. The predicted molar refractivity (Wildman–Crippen MR) is 48.8 cm³/mol. The van der Waals surface area contributed by atoms with Crippen molar-refractivity contribution in [2.45, 2.75) is 6.43 Å². The number of carbonyl (C=O) groups is 1.